The molecule has 2 N–H and O–H groups in total. The number of hydrogen-bond acceptors (Lipinski definition) is 5. The number of ether oxygens (including phenoxy) is 1. The van der Waals surface area contributed by atoms with Gasteiger partial charge >= 0.3 is 5.97 Å². The van der Waals surface area contributed by atoms with Crippen molar-refractivity contribution in [2.24, 2.45) is 0 Å². The normalized spacial score (nSPS) is 9.93. The van der Waals surface area contributed by atoms with E-state index in [1.54, 1.807) is 6.07 Å². The lowest BCUT2D eigenvalue weighted by Gasteiger charge is -2.13. The van der Waals surface area contributed by atoms with Gasteiger partial charge in [-0.3, -0.25) is 9.59 Å². The summed E-state index contributed by atoms with van der Waals surface area (Å²) in [6.45, 7) is 5.37. The molecule has 2 rings (SSSR count). The Morgan fingerprint density at radius 2 is 1.57 bits per heavy atom. The zero-order valence-electron chi connectivity index (χ0n) is 16.0. The first kappa shape index (κ1) is 20.6. The molecule has 2 aromatic carbocycles. The lowest BCUT2D eigenvalue weighted by molar-refractivity contribution is -0.119. The summed E-state index contributed by atoms with van der Waals surface area (Å²) in [6.07, 6.45) is -0.251. The van der Waals surface area contributed by atoms with Crippen LogP contribution in [0.15, 0.2) is 36.4 Å². The average Bonchev–Trinajstić information content (AvgIpc) is 2.63. The highest BCUT2D eigenvalue weighted by Crippen LogP contribution is 2.21. The molecule has 0 heterocycles. The van der Waals surface area contributed by atoms with Crippen LogP contribution in [0, 0.1) is 32.1 Å². The highest BCUT2D eigenvalue weighted by atomic mass is 16.5. The van der Waals surface area contributed by atoms with Crippen molar-refractivity contribution >= 4 is 29.2 Å². The van der Waals surface area contributed by atoms with Gasteiger partial charge in [-0.15, -0.1) is 0 Å². The van der Waals surface area contributed by atoms with Gasteiger partial charge in [0, 0.05) is 11.4 Å². The van der Waals surface area contributed by atoms with Crippen molar-refractivity contribution < 1.29 is 19.1 Å². The molecule has 0 saturated carbocycles. The van der Waals surface area contributed by atoms with E-state index in [9.17, 15) is 14.4 Å². The van der Waals surface area contributed by atoms with E-state index < -0.39 is 24.4 Å². The molecular weight excluding hydrogens is 358 g/mol. The van der Waals surface area contributed by atoms with Crippen LogP contribution in [0.2, 0.25) is 0 Å². The Kier molecular flexibility index (Phi) is 6.88. The summed E-state index contributed by atoms with van der Waals surface area (Å²) in [5.74, 6) is -1.51. The first-order valence-corrected chi connectivity index (χ1v) is 8.62. The number of carbonyl (C=O) groups excluding carboxylic acids is 3. The first-order valence-electron chi connectivity index (χ1n) is 8.62. The summed E-state index contributed by atoms with van der Waals surface area (Å²) in [4.78, 5) is 35.6. The van der Waals surface area contributed by atoms with Crippen molar-refractivity contribution in [2.45, 2.75) is 27.2 Å². The SMILES string of the molecule is Cc1cc(C)c(NC(=O)COC(=O)c2ccc(NC(=O)CC#N)cc2)c(C)c1. The molecule has 0 aliphatic heterocycles. The minimum absolute atomic E-state index is 0.244. The molecule has 7 nitrogen and oxygen atoms in total. The number of benzene rings is 2. The monoisotopic (exact) mass is 379 g/mol. The molecular formula is C21H21N3O4. The summed E-state index contributed by atoms with van der Waals surface area (Å²) in [7, 11) is 0. The third kappa shape index (κ3) is 5.68. The van der Waals surface area contributed by atoms with Crippen LogP contribution in [0.1, 0.15) is 33.5 Å². The Bertz CT molecular complexity index is 920. The van der Waals surface area contributed by atoms with Crippen LogP contribution in [0.5, 0.6) is 0 Å². The molecule has 0 saturated heterocycles. The Hall–Kier alpha value is -3.66. The van der Waals surface area contributed by atoms with Gasteiger partial charge in [-0.1, -0.05) is 17.7 Å². The minimum Gasteiger partial charge on any atom is -0.452 e. The number of carbonyl (C=O) groups is 3. The molecule has 0 aliphatic rings. The summed E-state index contributed by atoms with van der Waals surface area (Å²) in [5.41, 5.74) is 4.39. The largest absolute Gasteiger partial charge is 0.452 e. The number of anilines is 2. The van der Waals surface area contributed by atoms with Crippen molar-refractivity contribution in [3.05, 3.63) is 58.7 Å². The number of nitrogens with one attached hydrogen (secondary N) is 2. The predicted octanol–water partition coefficient (Wildman–Crippen LogP) is 3.26. The fraction of sp³-hybridized carbons (Fsp3) is 0.238. The smallest absolute Gasteiger partial charge is 0.338 e. The maximum atomic E-state index is 12.1. The molecule has 0 aromatic heterocycles. The molecule has 144 valence electrons. The van der Waals surface area contributed by atoms with E-state index in [0.29, 0.717) is 11.4 Å². The summed E-state index contributed by atoms with van der Waals surface area (Å²) >= 11 is 0. The number of nitriles is 1. The first-order chi connectivity index (χ1) is 13.3. The van der Waals surface area contributed by atoms with Crippen LogP contribution < -0.4 is 10.6 Å². The fourth-order valence-electron chi connectivity index (χ4n) is 2.73. The van der Waals surface area contributed by atoms with Crippen molar-refractivity contribution in [3.63, 3.8) is 0 Å². The van der Waals surface area contributed by atoms with Gasteiger partial charge in [0.05, 0.1) is 11.6 Å². The molecule has 7 heteroatoms. The van der Waals surface area contributed by atoms with Crippen LogP contribution >= 0.6 is 0 Å². The topological polar surface area (TPSA) is 108 Å². The molecule has 0 fully saturated rings. The van der Waals surface area contributed by atoms with Gasteiger partial charge in [-0.05, 0) is 56.2 Å². The molecule has 2 amide bonds. The Morgan fingerprint density at radius 3 is 2.14 bits per heavy atom. The molecule has 0 aliphatic carbocycles. The molecule has 0 atom stereocenters. The lowest BCUT2D eigenvalue weighted by atomic mass is 10.1. The summed E-state index contributed by atoms with van der Waals surface area (Å²) < 4.78 is 5.04. The van der Waals surface area contributed by atoms with E-state index in [1.165, 1.54) is 24.3 Å². The Morgan fingerprint density at radius 1 is 0.964 bits per heavy atom. The molecule has 0 bridgehead atoms. The maximum Gasteiger partial charge on any atom is 0.338 e. The minimum atomic E-state index is -0.651. The second kappa shape index (κ2) is 9.33. The van der Waals surface area contributed by atoms with Gasteiger partial charge in [0.15, 0.2) is 6.61 Å². The van der Waals surface area contributed by atoms with E-state index >= 15 is 0 Å². The molecule has 0 radical (unpaired) electrons. The van der Waals surface area contributed by atoms with Crippen molar-refractivity contribution in [1.29, 1.82) is 5.26 Å². The van der Waals surface area contributed by atoms with Crippen LogP contribution in [-0.4, -0.2) is 24.4 Å². The molecule has 0 spiro atoms. The summed E-state index contributed by atoms with van der Waals surface area (Å²) in [5, 5.41) is 13.8. The van der Waals surface area contributed by atoms with Gasteiger partial charge in [-0.25, -0.2) is 4.79 Å². The Balaban J connectivity index is 1.90. The van der Waals surface area contributed by atoms with Crippen LogP contribution in [0.4, 0.5) is 11.4 Å². The van der Waals surface area contributed by atoms with Gasteiger partial charge in [0.25, 0.3) is 5.91 Å². The number of rotatable bonds is 6. The Labute approximate surface area is 163 Å². The van der Waals surface area contributed by atoms with E-state index in [0.717, 1.165) is 16.7 Å². The van der Waals surface area contributed by atoms with Gasteiger partial charge in [0.2, 0.25) is 5.91 Å². The third-order valence-electron chi connectivity index (χ3n) is 3.92. The number of aryl methyl sites for hydroxylation is 3. The van der Waals surface area contributed by atoms with Crippen LogP contribution in [0.3, 0.4) is 0 Å². The van der Waals surface area contributed by atoms with E-state index in [-0.39, 0.29) is 12.0 Å². The van der Waals surface area contributed by atoms with Crippen molar-refractivity contribution in [1.82, 2.24) is 0 Å². The zero-order valence-corrected chi connectivity index (χ0v) is 16.0. The third-order valence-corrected chi connectivity index (χ3v) is 3.92. The van der Waals surface area contributed by atoms with Gasteiger partial charge < -0.3 is 15.4 Å². The molecule has 28 heavy (non-hydrogen) atoms. The van der Waals surface area contributed by atoms with Crippen molar-refractivity contribution in [3.8, 4) is 6.07 Å². The molecule has 2 aromatic rings. The average molecular weight is 379 g/mol. The summed E-state index contributed by atoms with van der Waals surface area (Å²) in [6, 6.07) is 11.7. The van der Waals surface area contributed by atoms with Gasteiger partial charge in [-0.2, -0.15) is 5.26 Å². The fourth-order valence-corrected chi connectivity index (χ4v) is 2.73. The molecule has 0 unspecified atom stereocenters. The number of hydrogen-bond donors (Lipinski definition) is 2. The highest BCUT2D eigenvalue weighted by molar-refractivity contribution is 5.97. The predicted molar refractivity (Wildman–Crippen MR) is 105 cm³/mol. The quantitative estimate of drug-likeness (QED) is 0.749. The second-order valence-corrected chi connectivity index (χ2v) is 6.36. The zero-order chi connectivity index (χ0) is 20.7. The lowest BCUT2D eigenvalue weighted by Crippen LogP contribution is -2.22. The standard InChI is InChI=1S/C21H21N3O4/c1-13-10-14(2)20(15(3)11-13)24-19(26)12-28-21(27)16-4-6-17(7-5-16)23-18(25)8-9-22/h4-7,10-11H,8,12H2,1-3H3,(H,23,25)(H,24,26). The number of nitrogens with zero attached hydrogens (tertiary/aromatic N) is 1. The van der Waals surface area contributed by atoms with E-state index in [1.807, 2.05) is 32.9 Å². The van der Waals surface area contributed by atoms with Crippen LogP contribution in [0.25, 0.3) is 0 Å². The maximum absolute atomic E-state index is 12.1. The number of amides is 2. The number of esters is 1. The van der Waals surface area contributed by atoms with E-state index in [4.69, 9.17) is 10.00 Å². The van der Waals surface area contributed by atoms with E-state index in [2.05, 4.69) is 10.6 Å². The van der Waals surface area contributed by atoms with Crippen molar-refractivity contribution in [2.75, 3.05) is 17.2 Å². The highest BCUT2D eigenvalue weighted by Gasteiger charge is 2.13. The second-order valence-electron chi connectivity index (χ2n) is 6.36. The van der Waals surface area contributed by atoms with Crippen LogP contribution in [-0.2, 0) is 14.3 Å². The van der Waals surface area contributed by atoms with Gasteiger partial charge in [0.1, 0.15) is 6.42 Å².